The van der Waals surface area contributed by atoms with Gasteiger partial charge in [-0.1, -0.05) is 12.1 Å². The second-order valence-corrected chi connectivity index (χ2v) is 7.66. The van der Waals surface area contributed by atoms with Crippen molar-refractivity contribution in [2.24, 2.45) is 0 Å². The highest BCUT2D eigenvalue weighted by Crippen LogP contribution is 2.21. The van der Waals surface area contributed by atoms with E-state index >= 15 is 0 Å². The summed E-state index contributed by atoms with van der Waals surface area (Å²) in [5, 5.41) is 12.4. The first-order valence-corrected chi connectivity index (χ1v) is 10.4. The van der Waals surface area contributed by atoms with Gasteiger partial charge in [0.1, 0.15) is 11.5 Å². The van der Waals surface area contributed by atoms with Gasteiger partial charge in [0.05, 0.1) is 7.11 Å². The van der Waals surface area contributed by atoms with Crippen LogP contribution in [0.1, 0.15) is 15.9 Å². The van der Waals surface area contributed by atoms with Crippen molar-refractivity contribution in [1.29, 1.82) is 0 Å². The van der Waals surface area contributed by atoms with Crippen LogP contribution in [0, 0.1) is 0 Å². The van der Waals surface area contributed by atoms with Gasteiger partial charge < -0.3 is 20.1 Å². The Balaban J connectivity index is 1.28. The van der Waals surface area contributed by atoms with E-state index in [1.807, 2.05) is 60.7 Å². The summed E-state index contributed by atoms with van der Waals surface area (Å²) >= 11 is 0. The summed E-state index contributed by atoms with van der Waals surface area (Å²) in [6.45, 7) is 4.71. The molecule has 0 saturated carbocycles. The maximum atomic E-state index is 12.5. The number of anilines is 2. The molecule has 6 nitrogen and oxygen atoms in total. The topological polar surface area (TPSA) is 65.0 Å². The van der Waals surface area contributed by atoms with E-state index in [1.165, 1.54) is 5.56 Å². The standard InChI is InChI=1S/C25H27N3O3/c1-31-24-12-6-21(7-13-24)26-25(30)20-4-2-19(3-5-20)18-27-14-16-28(17-15-27)22-8-10-23(29)11-9-22/h2-13,29H,14-18H2,1H3,(H,26,30). The number of rotatable bonds is 6. The average molecular weight is 418 g/mol. The molecule has 160 valence electrons. The molecule has 1 saturated heterocycles. The van der Waals surface area contributed by atoms with Crippen LogP contribution in [0.5, 0.6) is 11.5 Å². The van der Waals surface area contributed by atoms with Gasteiger partial charge in [-0.15, -0.1) is 0 Å². The number of aromatic hydroxyl groups is 1. The maximum Gasteiger partial charge on any atom is 0.255 e. The lowest BCUT2D eigenvalue weighted by atomic mass is 10.1. The zero-order valence-corrected chi connectivity index (χ0v) is 17.6. The molecule has 3 aromatic rings. The second kappa shape index (κ2) is 9.53. The summed E-state index contributed by atoms with van der Waals surface area (Å²) in [5.41, 5.74) is 3.71. The quantitative estimate of drug-likeness (QED) is 0.635. The number of phenols is 1. The van der Waals surface area contributed by atoms with Crippen molar-refractivity contribution in [2.75, 3.05) is 43.5 Å². The Labute approximate surface area is 182 Å². The lowest BCUT2D eigenvalue weighted by Crippen LogP contribution is -2.45. The highest BCUT2D eigenvalue weighted by atomic mass is 16.5. The molecule has 2 N–H and O–H groups in total. The first kappa shape index (κ1) is 20.8. The van der Waals surface area contributed by atoms with Crippen LogP contribution in [-0.4, -0.2) is 49.2 Å². The predicted octanol–water partition coefficient (Wildman–Crippen LogP) is 3.98. The molecule has 0 unspecified atom stereocenters. The Bertz CT molecular complexity index is 994. The molecule has 0 bridgehead atoms. The van der Waals surface area contributed by atoms with Crippen molar-refractivity contribution in [3.05, 3.63) is 83.9 Å². The van der Waals surface area contributed by atoms with E-state index < -0.39 is 0 Å². The number of amides is 1. The van der Waals surface area contributed by atoms with Crippen LogP contribution in [-0.2, 0) is 6.54 Å². The summed E-state index contributed by atoms with van der Waals surface area (Å²) in [6, 6.07) is 22.5. The average Bonchev–Trinajstić information content (AvgIpc) is 2.81. The minimum atomic E-state index is -0.126. The molecule has 1 heterocycles. The number of phenolic OH excluding ortho intramolecular Hbond substituents is 1. The van der Waals surface area contributed by atoms with Crippen LogP contribution in [0.3, 0.4) is 0 Å². The van der Waals surface area contributed by atoms with Crippen molar-refractivity contribution in [3.8, 4) is 11.5 Å². The van der Waals surface area contributed by atoms with Crippen LogP contribution in [0.25, 0.3) is 0 Å². The zero-order valence-electron chi connectivity index (χ0n) is 17.6. The largest absolute Gasteiger partial charge is 0.508 e. The Morgan fingerprint density at radius 1 is 0.903 bits per heavy atom. The SMILES string of the molecule is COc1ccc(NC(=O)c2ccc(CN3CCN(c4ccc(O)cc4)CC3)cc2)cc1. The third-order valence-electron chi connectivity index (χ3n) is 5.56. The van der Waals surface area contributed by atoms with Crippen molar-refractivity contribution in [1.82, 2.24) is 4.90 Å². The number of nitrogens with one attached hydrogen (secondary N) is 1. The zero-order chi connectivity index (χ0) is 21.6. The summed E-state index contributed by atoms with van der Waals surface area (Å²) in [6.07, 6.45) is 0. The highest BCUT2D eigenvalue weighted by Gasteiger charge is 2.17. The fourth-order valence-corrected chi connectivity index (χ4v) is 3.72. The van der Waals surface area contributed by atoms with E-state index in [9.17, 15) is 9.90 Å². The molecular weight excluding hydrogens is 390 g/mol. The third kappa shape index (κ3) is 5.35. The first-order chi connectivity index (χ1) is 15.1. The molecule has 0 aromatic heterocycles. The Morgan fingerprint density at radius 3 is 2.16 bits per heavy atom. The number of hydrogen-bond acceptors (Lipinski definition) is 5. The van der Waals surface area contributed by atoms with E-state index in [1.54, 1.807) is 19.2 Å². The number of piperazine rings is 1. The van der Waals surface area contributed by atoms with E-state index in [-0.39, 0.29) is 5.91 Å². The molecular formula is C25H27N3O3. The van der Waals surface area contributed by atoms with Gasteiger partial charge >= 0.3 is 0 Å². The number of benzene rings is 3. The molecule has 0 aliphatic carbocycles. The number of ether oxygens (including phenoxy) is 1. The molecule has 1 fully saturated rings. The number of hydrogen-bond donors (Lipinski definition) is 2. The molecule has 4 rings (SSSR count). The first-order valence-electron chi connectivity index (χ1n) is 10.4. The van der Waals surface area contributed by atoms with Gasteiger partial charge in [-0.3, -0.25) is 9.69 Å². The van der Waals surface area contributed by atoms with Crippen LogP contribution in [0.15, 0.2) is 72.8 Å². The van der Waals surface area contributed by atoms with E-state index in [2.05, 4.69) is 15.1 Å². The summed E-state index contributed by atoms with van der Waals surface area (Å²) in [7, 11) is 1.62. The van der Waals surface area contributed by atoms with Gasteiger partial charge in [-0.2, -0.15) is 0 Å². The molecule has 6 heteroatoms. The minimum absolute atomic E-state index is 0.126. The highest BCUT2D eigenvalue weighted by molar-refractivity contribution is 6.04. The van der Waals surface area contributed by atoms with Crippen LogP contribution in [0.4, 0.5) is 11.4 Å². The van der Waals surface area contributed by atoms with Crippen molar-refractivity contribution < 1.29 is 14.6 Å². The summed E-state index contributed by atoms with van der Waals surface area (Å²) in [5.74, 6) is 0.925. The van der Waals surface area contributed by atoms with Gasteiger partial charge in [0.2, 0.25) is 0 Å². The minimum Gasteiger partial charge on any atom is -0.508 e. The van der Waals surface area contributed by atoms with Crippen molar-refractivity contribution in [2.45, 2.75) is 6.54 Å². The molecule has 0 radical (unpaired) electrons. The normalized spacial score (nSPS) is 14.3. The van der Waals surface area contributed by atoms with Crippen molar-refractivity contribution >= 4 is 17.3 Å². The summed E-state index contributed by atoms with van der Waals surface area (Å²) < 4.78 is 5.14. The van der Waals surface area contributed by atoms with Crippen molar-refractivity contribution in [3.63, 3.8) is 0 Å². The Morgan fingerprint density at radius 2 is 1.55 bits per heavy atom. The molecule has 31 heavy (non-hydrogen) atoms. The van der Waals surface area contributed by atoms with Crippen LogP contribution < -0.4 is 15.0 Å². The fourth-order valence-electron chi connectivity index (χ4n) is 3.72. The molecule has 1 aliphatic heterocycles. The van der Waals surface area contributed by atoms with Gasteiger partial charge in [0, 0.05) is 49.7 Å². The molecule has 1 aliphatic rings. The van der Waals surface area contributed by atoms with E-state index in [0.29, 0.717) is 11.3 Å². The molecule has 0 atom stereocenters. The van der Waals surface area contributed by atoms with Gasteiger partial charge in [0.25, 0.3) is 5.91 Å². The number of carbonyl (C=O) groups is 1. The number of carbonyl (C=O) groups excluding carboxylic acids is 1. The smallest absolute Gasteiger partial charge is 0.255 e. The number of methoxy groups -OCH3 is 1. The fraction of sp³-hybridized carbons (Fsp3) is 0.240. The van der Waals surface area contributed by atoms with Crippen LogP contribution in [0.2, 0.25) is 0 Å². The number of nitrogens with zero attached hydrogens (tertiary/aromatic N) is 2. The van der Waals surface area contributed by atoms with Gasteiger partial charge in [0.15, 0.2) is 0 Å². The maximum absolute atomic E-state index is 12.5. The molecule has 3 aromatic carbocycles. The summed E-state index contributed by atoms with van der Waals surface area (Å²) in [4.78, 5) is 17.2. The molecule has 0 spiro atoms. The van der Waals surface area contributed by atoms with E-state index in [0.717, 1.165) is 49.8 Å². The third-order valence-corrected chi connectivity index (χ3v) is 5.56. The van der Waals surface area contributed by atoms with E-state index in [4.69, 9.17) is 4.74 Å². The van der Waals surface area contributed by atoms with Gasteiger partial charge in [-0.25, -0.2) is 0 Å². The Hall–Kier alpha value is -3.51. The predicted molar refractivity (Wildman–Crippen MR) is 123 cm³/mol. The lowest BCUT2D eigenvalue weighted by molar-refractivity contribution is 0.102. The van der Waals surface area contributed by atoms with Crippen LogP contribution >= 0.6 is 0 Å². The second-order valence-electron chi connectivity index (χ2n) is 7.66. The monoisotopic (exact) mass is 417 g/mol. The molecule has 1 amide bonds. The lowest BCUT2D eigenvalue weighted by Gasteiger charge is -2.36. The Kier molecular flexibility index (Phi) is 6.38. The van der Waals surface area contributed by atoms with Gasteiger partial charge in [-0.05, 0) is 66.2 Å².